The highest BCUT2D eigenvalue weighted by Crippen LogP contribution is 2.36. The number of amides is 1. The summed E-state index contributed by atoms with van der Waals surface area (Å²) in [6, 6.07) is 3.53. The summed E-state index contributed by atoms with van der Waals surface area (Å²) in [5.74, 6) is 0.0114. The summed E-state index contributed by atoms with van der Waals surface area (Å²) in [7, 11) is 0. The number of imidazole rings is 1. The Morgan fingerprint density at radius 3 is 2.71 bits per heavy atom. The van der Waals surface area contributed by atoms with E-state index in [0.29, 0.717) is 46.8 Å². The SMILES string of the molecule is CCN1C(=O)c2nc(Br)n(Cc3ccc(F)cc3F)c2N2C[C@@H](C(C)C)N=C12. The Hall–Kier alpha value is -2.29. The molecule has 1 amide bonds. The van der Waals surface area contributed by atoms with Gasteiger partial charge in [0.1, 0.15) is 17.5 Å². The van der Waals surface area contributed by atoms with E-state index in [1.54, 1.807) is 9.47 Å². The zero-order valence-electron chi connectivity index (χ0n) is 15.8. The first kappa shape index (κ1) is 19.0. The molecule has 0 aliphatic carbocycles. The van der Waals surface area contributed by atoms with Crippen LogP contribution in [0.1, 0.15) is 36.8 Å². The highest BCUT2D eigenvalue weighted by molar-refractivity contribution is 9.10. The molecular weight excluding hydrogens is 432 g/mol. The van der Waals surface area contributed by atoms with Crippen molar-refractivity contribution >= 4 is 33.6 Å². The third-order valence-corrected chi connectivity index (χ3v) is 5.77. The maximum Gasteiger partial charge on any atom is 0.283 e. The second-order valence-corrected chi connectivity index (χ2v) is 7.98. The summed E-state index contributed by atoms with van der Waals surface area (Å²) in [5, 5.41) is 0. The van der Waals surface area contributed by atoms with E-state index in [4.69, 9.17) is 4.99 Å². The van der Waals surface area contributed by atoms with E-state index < -0.39 is 11.6 Å². The molecule has 9 heteroatoms. The Kier molecular flexibility index (Phi) is 4.73. The van der Waals surface area contributed by atoms with Crippen molar-refractivity contribution in [2.45, 2.75) is 33.4 Å². The van der Waals surface area contributed by atoms with Crippen LogP contribution in [0.5, 0.6) is 0 Å². The van der Waals surface area contributed by atoms with Gasteiger partial charge in [-0.05, 0) is 34.8 Å². The van der Waals surface area contributed by atoms with Gasteiger partial charge in [-0.3, -0.25) is 19.2 Å². The lowest BCUT2D eigenvalue weighted by molar-refractivity contribution is 0.0841. The molecule has 0 radical (unpaired) electrons. The largest absolute Gasteiger partial charge is 0.300 e. The summed E-state index contributed by atoms with van der Waals surface area (Å²) in [5.41, 5.74) is 0.616. The van der Waals surface area contributed by atoms with Gasteiger partial charge in [0.15, 0.2) is 10.4 Å². The smallest absolute Gasteiger partial charge is 0.283 e. The fourth-order valence-electron chi connectivity index (χ4n) is 3.58. The van der Waals surface area contributed by atoms with Crippen LogP contribution in [0.15, 0.2) is 27.9 Å². The second-order valence-electron chi connectivity index (χ2n) is 7.28. The third-order valence-electron chi connectivity index (χ3n) is 5.16. The van der Waals surface area contributed by atoms with Crippen LogP contribution in [-0.2, 0) is 6.54 Å². The van der Waals surface area contributed by atoms with Crippen LogP contribution in [-0.4, -0.2) is 45.4 Å². The van der Waals surface area contributed by atoms with Gasteiger partial charge in [-0.1, -0.05) is 19.9 Å². The van der Waals surface area contributed by atoms with Crippen molar-refractivity contribution in [3.63, 3.8) is 0 Å². The molecule has 4 rings (SSSR count). The van der Waals surface area contributed by atoms with Crippen LogP contribution < -0.4 is 4.90 Å². The number of guanidine groups is 1. The van der Waals surface area contributed by atoms with Gasteiger partial charge in [-0.2, -0.15) is 0 Å². The first-order valence-electron chi connectivity index (χ1n) is 9.19. The van der Waals surface area contributed by atoms with E-state index in [9.17, 15) is 13.6 Å². The fraction of sp³-hybridized carbons (Fsp3) is 0.421. The number of aliphatic imine (C=N–C) groups is 1. The molecule has 2 aromatic rings. The van der Waals surface area contributed by atoms with Gasteiger partial charge in [0, 0.05) is 18.2 Å². The van der Waals surface area contributed by atoms with Crippen molar-refractivity contribution in [3.8, 4) is 0 Å². The minimum absolute atomic E-state index is 0.0486. The Morgan fingerprint density at radius 1 is 1.32 bits per heavy atom. The minimum Gasteiger partial charge on any atom is -0.300 e. The monoisotopic (exact) mass is 451 g/mol. The zero-order valence-corrected chi connectivity index (χ0v) is 17.4. The van der Waals surface area contributed by atoms with Gasteiger partial charge >= 0.3 is 0 Å². The maximum absolute atomic E-state index is 14.2. The number of fused-ring (bicyclic) bond motifs is 3. The molecule has 0 spiro atoms. The highest BCUT2D eigenvalue weighted by Gasteiger charge is 2.43. The predicted octanol–water partition coefficient (Wildman–Crippen LogP) is 3.65. The van der Waals surface area contributed by atoms with Crippen molar-refractivity contribution in [2.24, 2.45) is 10.9 Å². The number of hydrogen-bond acceptors (Lipinski definition) is 4. The molecule has 0 fully saturated rings. The van der Waals surface area contributed by atoms with Crippen molar-refractivity contribution in [2.75, 3.05) is 18.0 Å². The molecule has 2 aliphatic rings. The molecule has 0 N–H and O–H groups in total. The summed E-state index contributed by atoms with van der Waals surface area (Å²) in [4.78, 5) is 25.8. The van der Waals surface area contributed by atoms with Crippen LogP contribution in [0.2, 0.25) is 0 Å². The van der Waals surface area contributed by atoms with Gasteiger partial charge in [0.2, 0.25) is 5.96 Å². The predicted molar refractivity (Wildman–Crippen MR) is 106 cm³/mol. The van der Waals surface area contributed by atoms with Gasteiger partial charge in [0.05, 0.1) is 19.1 Å². The number of rotatable bonds is 4. The van der Waals surface area contributed by atoms with Gasteiger partial charge < -0.3 is 0 Å². The maximum atomic E-state index is 14.2. The number of halogens is 3. The minimum atomic E-state index is -0.637. The molecule has 0 unspecified atom stereocenters. The summed E-state index contributed by atoms with van der Waals surface area (Å²) in [6.45, 7) is 7.29. The van der Waals surface area contributed by atoms with Crippen LogP contribution >= 0.6 is 15.9 Å². The summed E-state index contributed by atoms with van der Waals surface area (Å²) >= 11 is 3.40. The number of carbonyl (C=O) groups is 1. The Labute approximate surface area is 170 Å². The van der Waals surface area contributed by atoms with E-state index in [0.717, 1.165) is 6.07 Å². The van der Waals surface area contributed by atoms with Crippen molar-refractivity contribution in [3.05, 3.63) is 45.8 Å². The number of hydrogen-bond donors (Lipinski definition) is 0. The first-order valence-corrected chi connectivity index (χ1v) is 9.98. The molecule has 2 aliphatic heterocycles. The molecule has 1 aromatic carbocycles. The first-order chi connectivity index (χ1) is 13.3. The van der Waals surface area contributed by atoms with Crippen molar-refractivity contribution in [1.82, 2.24) is 14.5 Å². The van der Waals surface area contributed by atoms with Crippen LogP contribution in [0, 0.1) is 17.6 Å². The van der Waals surface area contributed by atoms with Gasteiger partial charge in [-0.15, -0.1) is 0 Å². The lowest BCUT2D eigenvalue weighted by atomic mass is 10.1. The normalized spacial score (nSPS) is 18.6. The highest BCUT2D eigenvalue weighted by atomic mass is 79.9. The van der Waals surface area contributed by atoms with E-state index in [1.165, 1.54) is 12.1 Å². The Morgan fingerprint density at radius 2 is 2.07 bits per heavy atom. The summed E-state index contributed by atoms with van der Waals surface area (Å²) < 4.78 is 29.6. The van der Waals surface area contributed by atoms with Crippen molar-refractivity contribution < 1.29 is 13.6 Å². The Bertz CT molecular complexity index is 987. The molecule has 3 heterocycles. The molecular formula is C19H20BrF2N5O. The molecule has 28 heavy (non-hydrogen) atoms. The molecule has 6 nitrogen and oxygen atoms in total. The number of anilines is 1. The molecule has 0 bridgehead atoms. The van der Waals surface area contributed by atoms with Crippen LogP contribution in [0.25, 0.3) is 0 Å². The molecule has 1 atom stereocenters. The number of carbonyl (C=O) groups excluding carboxylic acids is 1. The standard InChI is InChI=1S/C19H20BrF2N5O/c1-4-25-17(28)15-16(27-9-14(10(2)3)23-19(25)27)26(18(20)24-15)8-11-5-6-12(21)7-13(11)22/h5-7,10,14H,4,8-9H2,1-3H3/t14-/m0/s1. The average Bonchev–Trinajstić information content (AvgIpc) is 3.20. The van der Waals surface area contributed by atoms with E-state index in [1.807, 2.05) is 11.8 Å². The third kappa shape index (κ3) is 2.92. The second kappa shape index (κ2) is 6.95. The molecule has 148 valence electrons. The van der Waals surface area contributed by atoms with E-state index in [-0.39, 0.29) is 18.5 Å². The Balaban J connectivity index is 1.82. The fourth-order valence-corrected chi connectivity index (χ4v) is 4.05. The number of nitrogens with zero attached hydrogens (tertiary/aromatic N) is 5. The summed E-state index contributed by atoms with van der Waals surface area (Å²) in [6.07, 6.45) is 0. The van der Waals surface area contributed by atoms with Gasteiger partial charge in [-0.25, -0.2) is 18.8 Å². The molecule has 1 aromatic heterocycles. The van der Waals surface area contributed by atoms with Gasteiger partial charge in [0.25, 0.3) is 5.91 Å². The number of aromatic nitrogens is 2. The zero-order chi connectivity index (χ0) is 20.2. The quantitative estimate of drug-likeness (QED) is 0.712. The molecule has 0 saturated heterocycles. The number of benzene rings is 1. The van der Waals surface area contributed by atoms with E-state index in [2.05, 4.69) is 34.8 Å². The average molecular weight is 452 g/mol. The lowest BCUT2D eigenvalue weighted by Crippen LogP contribution is -2.50. The lowest BCUT2D eigenvalue weighted by Gasteiger charge is -2.33. The van der Waals surface area contributed by atoms with Crippen LogP contribution in [0.4, 0.5) is 14.6 Å². The van der Waals surface area contributed by atoms with E-state index >= 15 is 0 Å². The van der Waals surface area contributed by atoms with Crippen LogP contribution in [0.3, 0.4) is 0 Å². The van der Waals surface area contributed by atoms with Crippen molar-refractivity contribution in [1.29, 1.82) is 0 Å². The molecule has 0 saturated carbocycles. The topological polar surface area (TPSA) is 53.7 Å².